The van der Waals surface area contributed by atoms with Crippen LogP contribution in [0, 0.1) is 0 Å². The van der Waals surface area contributed by atoms with Crippen molar-refractivity contribution in [3.63, 3.8) is 0 Å². The minimum atomic E-state index is 0.516. The van der Waals surface area contributed by atoms with Gasteiger partial charge in [-0.05, 0) is 31.0 Å². The van der Waals surface area contributed by atoms with Gasteiger partial charge in [0.25, 0.3) is 0 Å². The molecule has 6 heteroatoms. The topological polar surface area (TPSA) is 68.3 Å². The second kappa shape index (κ2) is 7.86. The number of nitrogens with one attached hydrogen (secondary N) is 2. The first-order valence-corrected chi connectivity index (χ1v) is 8.37. The Balaban J connectivity index is 1.70. The Labute approximate surface area is 142 Å². The summed E-state index contributed by atoms with van der Waals surface area (Å²) in [5.41, 5.74) is 0.850. The van der Waals surface area contributed by atoms with Crippen LogP contribution < -0.4 is 20.1 Å². The first kappa shape index (κ1) is 16.4. The summed E-state index contributed by atoms with van der Waals surface area (Å²) in [6, 6.07) is 8.05. The number of anilines is 3. The summed E-state index contributed by atoms with van der Waals surface area (Å²) in [5.74, 6) is 2.78. The van der Waals surface area contributed by atoms with Gasteiger partial charge in [0.05, 0.1) is 14.2 Å². The van der Waals surface area contributed by atoms with Gasteiger partial charge in [0.2, 0.25) is 5.95 Å². The third-order valence-corrected chi connectivity index (χ3v) is 4.25. The largest absolute Gasteiger partial charge is 0.493 e. The maximum absolute atomic E-state index is 5.32. The molecule has 1 heterocycles. The van der Waals surface area contributed by atoms with Crippen LogP contribution in [0.15, 0.2) is 30.5 Å². The van der Waals surface area contributed by atoms with E-state index in [1.807, 2.05) is 24.3 Å². The maximum atomic E-state index is 5.32. The molecule has 1 fully saturated rings. The van der Waals surface area contributed by atoms with Crippen molar-refractivity contribution in [1.29, 1.82) is 0 Å². The second-order valence-corrected chi connectivity index (χ2v) is 5.94. The normalized spacial score (nSPS) is 14.9. The summed E-state index contributed by atoms with van der Waals surface area (Å²) in [4.78, 5) is 8.85. The number of ether oxygens (including phenoxy) is 2. The summed E-state index contributed by atoms with van der Waals surface area (Å²) in [6.07, 6.45) is 8.11. The van der Waals surface area contributed by atoms with Crippen molar-refractivity contribution in [2.24, 2.45) is 0 Å². The zero-order valence-electron chi connectivity index (χ0n) is 14.2. The lowest BCUT2D eigenvalue weighted by Crippen LogP contribution is -2.22. The van der Waals surface area contributed by atoms with E-state index in [2.05, 4.69) is 20.6 Å². The standard InChI is InChI=1S/C18H24N4O2/c1-23-15-9-8-14(12-16(15)24-2)21-18-19-11-10-17(22-18)20-13-6-4-3-5-7-13/h8-13H,3-7H2,1-2H3,(H2,19,20,21,22). The molecule has 1 saturated carbocycles. The van der Waals surface area contributed by atoms with Gasteiger partial charge in [0, 0.05) is 24.0 Å². The smallest absolute Gasteiger partial charge is 0.229 e. The monoisotopic (exact) mass is 328 g/mol. The summed E-state index contributed by atoms with van der Waals surface area (Å²) >= 11 is 0. The lowest BCUT2D eigenvalue weighted by molar-refractivity contribution is 0.355. The molecule has 0 amide bonds. The summed E-state index contributed by atoms with van der Waals surface area (Å²) in [6.45, 7) is 0. The van der Waals surface area contributed by atoms with Crippen molar-refractivity contribution in [1.82, 2.24) is 9.97 Å². The van der Waals surface area contributed by atoms with Crippen LogP contribution in [-0.4, -0.2) is 30.2 Å². The van der Waals surface area contributed by atoms with E-state index < -0.39 is 0 Å². The molecule has 1 aliphatic rings. The number of hydrogen-bond acceptors (Lipinski definition) is 6. The number of benzene rings is 1. The van der Waals surface area contributed by atoms with Gasteiger partial charge in [-0.25, -0.2) is 4.98 Å². The van der Waals surface area contributed by atoms with E-state index in [0.717, 1.165) is 11.5 Å². The van der Waals surface area contributed by atoms with Crippen LogP contribution in [-0.2, 0) is 0 Å². The fourth-order valence-corrected chi connectivity index (χ4v) is 3.00. The molecule has 0 spiro atoms. The summed E-state index contributed by atoms with van der Waals surface area (Å²) < 4.78 is 10.6. The fraction of sp³-hybridized carbons (Fsp3) is 0.444. The molecule has 0 saturated heterocycles. The van der Waals surface area contributed by atoms with Crippen molar-refractivity contribution in [2.45, 2.75) is 38.1 Å². The number of aromatic nitrogens is 2. The molecular weight excluding hydrogens is 304 g/mol. The van der Waals surface area contributed by atoms with Crippen molar-refractivity contribution in [3.05, 3.63) is 30.5 Å². The lowest BCUT2D eigenvalue weighted by Gasteiger charge is -2.23. The summed E-state index contributed by atoms with van der Waals surface area (Å²) in [7, 11) is 3.24. The molecule has 1 aliphatic carbocycles. The molecule has 0 bridgehead atoms. The van der Waals surface area contributed by atoms with Crippen LogP contribution in [0.3, 0.4) is 0 Å². The third kappa shape index (κ3) is 4.07. The highest BCUT2D eigenvalue weighted by Gasteiger charge is 2.13. The van der Waals surface area contributed by atoms with E-state index in [9.17, 15) is 0 Å². The minimum Gasteiger partial charge on any atom is -0.493 e. The second-order valence-electron chi connectivity index (χ2n) is 5.94. The number of hydrogen-bond donors (Lipinski definition) is 2. The highest BCUT2D eigenvalue weighted by atomic mass is 16.5. The van der Waals surface area contributed by atoms with Gasteiger partial charge in [0.15, 0.2) is 11.5 Å². The Morgan fingerprint density at radius 3 is 2.54 bits per heavy atom. The molecule has 6 nitrogen and oxygen atoms in total. The molecule has 0 atom stereocenters. The summed E-state index contributed by atoms with van der Waals surface area (Å²) in [5, 5.41) is 6.72. The Hall–Kier alpha value is -2.50. The zero-order valence-corrected chi connectivity index (χ0v) is 14.2. The molecule has 2 N–H and O–H groups in total. The predicted molar refractivity (Wildman–Crippen MR) is 95.4 cm³/mol. The van der Waals surface area contributed by atoms with Crippen LogP contribution in [0.5, 0.6) is 11.5 Å². The highest BCUT2D eigenvalue weighted by molar-refractivity contribution is 5.60. The SMILES string of the molecule is COc1ccc(Nc2nccc(NC3CCCCC3)n2)cc1OC. The zero-order chi connectivity index (χ0) is 16.8. The molecule has 0 aliphatic heterocycles. The van der Waals surface area contributed by atoms with Gasteiger partial charge >= 0.3 is 0 Å². The molecule has 128 valence electrons. The highest BCUT2D eigenvalue weighted by Crippen LogP contribution is 2.30. The first-order chi connectivity index (χ1) is 11.8. The van der Waals surface area contributed by atoms with Crippen molar-refractivity contribution in [2.75, 3.05) is 24.9 Å². The molecule has 1 aromatic heterocycles. The number of rotatable bonds is 6. The van der Waals surface area contributed by atoms with Crippen LogP contribution in [0.4, 0.5) is 17.5 Å². The Bertz CT molecular complexity index is 672. The Morgan fingerprint density at radius 2 is 1.79 bits per heavy atom. The van der Waals surface area contributed by atoms with E-state index in [1.54, 1.807) is 20.4 Å². The molecule has 3 rings (SSSR count). The van der Waals surface area contributed by atoms with Gasteiger partial charge in [-0.2, -0.15) is 4.98 Å². The van der Waals surface area contributed by atoms with Crippen molar-refractivity contribution < 1.29 is 9.47 Å². The molecule has 2 aromatic rings. The van der Waals surface area contributed by atoms with E-state index in [0.29, 0.717) is 23.5 Å². The minimum absolute atomic E-state index is 0.516. The van der Waals surface area contributed by atoms with Crippen molar-refractivity contribution in [3.8, 4) is 11.5 Å². The van der Waals surface area contributed by atoms with Crippen LogP contribution in [0.1, 0.15) is 32.1 Å². The average Bonchev–Trinajstić information content (AvgIpc) is 2.63. The Morgan fingerprint density at radius 1 is 1.00 bits per heavy atom. The van der Waals surface area contributed by atoms with Gasteiger partial charge in [-0.3, -0.25) is 0 Å². The predicted octanol–water partition coefficient (Wildman–Crippen LogP) is 3.98. The fourth-order valence-electron chi connectivity index (χ4n) is 3.00. The van der Waals surface area contributed by atoms with Crippen molar-refractivity contribution >= 4 is 17.5 Å². The van der Waals surface area contributed by atoms with E-state index >= 15 is 0 Å². The molecule has 0 unspecified atom stereocenters. The average molecular weight is 328 g/mol. The lowest BCUT2D eigenvalue weighted by atomic mass is 9.95. The molecule has 1 aromatic carbocycles. The number of nitrogens with zero attached hydrogens (tertiary/aromatic N) is 2. The number of methoxy groups -OCH3 is 2. The molecule has 0 radical (unpaired) electrons. The molecular formula is C18H24N4O2. The van der Waals surface area contributed by atoms with E-state index in [4.69, 9.17) is 9.47 Å². The maximum Gasteiger partial charge on any atom is 0.229 e. The van der Waals surface area contributed by atoms with E-state index in [-0.39, 0.29) is 0 Å². The molecule has 24 heavy (non-hydrogen) atoms. The van der Waals surface area contributed by atoms with Crippen LogP contribution in [0.25, 0.3) is 0 Å². The quantitative estimate of drug-likeness (QED) is 0.836. The van der Waals surface area contributed by atoms with Gasteiger partial charge in [-0.15, -0.1) is 0 Å². The Kier molecular flexibility index (Phi) is 5.36. The third-order valence-electron chi connectivity index (χ3n) is 4.25. The van der Waals surface area contributed by atoms with Gasteiger partial charge < -0.3 is 20.1 Å². The van der Waals surface area contributed by atoms with Crippen LogP contribution in [0.2, 0.25) is 0 Å². The first-order valence-electron chi connectivity index (χ1n) is 8.37. The van der Waals surface area contributed by atoms with Gasteiger partial charge in [0.1, 0.15) is 5.82 Å². The van der Waals surface area contributed by atoms with Crippen LogP contribution >= 0.6 is 0 Å². The van der Waals surface area contributed by atoms with Gasteiger partial charge in [-0.1, -0.05) is 19.3 Å². The van der Waals surface area contributed by atoms with E-state index in [1.165, 1.54) is 32.1 Å².